The first-order chi connectivity index (χ1) is 11.5. The number of hydrogen-bond acceptors (Lipinski definition) is 4. The Morgan fingerprint density at radius 2 is 2.29 bits per heavy atom. The van der Waals surface area contributed by atoms with E-state index in [9.17, 15) is 4.79 Å². The molecule has 1 aliphatic heterocycles. The number of hydrogen-bond donors (Lipinski definition) is 4. The number of rotatable bonds is 7. The van der Waals surface area contributed by atoms with Crippen LogP contribution in [0.3, 0.4) is 0 Å². The van der Waals surface area contributed by atoms with Crippen LogP contribution in [-0.4, -0.2) is 24.2 Å². The lowest BCUT2D eigenvalue weighted by Gasteiger charge is -2.20. The molecule has 130 valence electrons. The van der Waals surface area contributed by atoms with Gasteiger partial charge in [-0.05, 0) is 56.4 Å². The van der Waals surface area contributed by atoms with E-state index in [1.807, 2.05) is 31.2 Å². The average molecular weight is 346 g/mol. The number of thiol groups is 1. The number of benzene rings is 1. The van der Waals surface area contributed by atoms with Crippen molar-refractivity contribution in [3.63, 3.8) is 0 Å². The summed E-state index contributed by atoms with van der Waals surface area (Å²) in [4.78, 5) is 12.4. The summed E-state index contributed by atoms with van der Waals surface area (Å²) < 4.78 is 0. The average Bonchev–Trinajstić information content (AvgIpc) is 2.56. The van der Waals surface area contributed by atoms with Gasteiger partial charge in [0.1, 0.15) is 0 Å². The summed E-state index contributed by atoms with van der Waals surface area (Å²) in [7, 11) is 0. The van der Waals surface area contributed by atoms with Crippen molar-refractivity contribution >= 4 is 24.2 Å². The minimum Gasteiger partial charge on any atom is -0.359 e. The predicted octanol–water partition coefficient (Wildman–Crippen LogP) is 3.27. The van der Waals surface area contributed by atoms with E-state index in [1.54, 1.807) is 0 Å². The van der Waals surface area contributed by atoms with Crippen LogP contribution in [0.5, 0.6) is 0 Å². The molecular formula is C19H27N3OS. The van der Waals surface area contributed by atoms with E-state index in [2.05, 4.69) is 29.8 Å². The van der Waals surface area contributed by atoms with Crippen LogP contribution < -0.4 is 16.4 Å². The number of aryl methyl sites for hydroxylation is 1. The summed E-state index contributed by atoms with van der Waals surface area (Å²) in [5.41, 5.74) is 10.9. The number of amides is 1. The monoisotopic (exact) mass is 345 g/mol. The minimum absolute atomic E-state index is 0.0481. The molecule has 1 amide bonds. The maximum Gasteiger partial charge on any atom is 0.251 e. The van der Waals surface area contributed by atoms with Crippen molar-refractivity contribution < 1.29 is 4.79 Å². The van der Waals surface area contributed by atoms with Crippen molar-refractivity contribution in [3.8, 4) is 0 Å². The summed E-state index contributed by atoms with van der Waals surface area (Å²) >= 11 is 4.25. The van der Waals surface area contributed by atoms with E-state index in [1.165, 1.54) is 5.57 Å². The molecule has 0 saturated heterocycles. The molecule has 1 aliphatic rings. The van der Waals surface area contributed by atoms with Crippen molar-refractivity contribution in [3.05, 3.63) is 53.3 Å². The summed E-state index contributed by atoms with van der Waals surface area (Å²) in [5.74, 6) is 0.617. The first kappa shape index (κ1) is 18.6. The van der Waals surface area contributed by atoms with Gasteiger partial charge in [0.05, 0.1) is 0 Å². The second-order valence-corrected chi connectivity index (χ2v) is 6.71. The summed E-state index contributed by atoms with van der Waals surface area (Å²) in [6.07, 6.45) is 5.67. The number of carbonyl (C=O) groups is 1. The van der Waals surface area contributed by atoms with Gasteiger partial charge in [0, 0.05) is 35.3 Å². The molecule has 1 atom stereocenters. The van der Waals surface area contributed by atoms with Gasteiger partial charge in [0.2, 0.25) is 0 Å². The van der Waals surface area contributed by atoms with Crippen molar-refractivity contribution in [2.45, 2.75) is 38.6 Å². The van der Waals surface area contributed by atoms with E-state index in [4.69, 9.17) is 5.73 Å². The molecule has 1 aromatic rings. The van der Waals surface area contributed by atoms with Crippen LogP contribution in [0.2, 0.25) is 0 Å². The normalized spacial score (nSPS) is 15.5. The van der Waals surface area contributed by atoms with Gasteiger partial charge in [0.15, 0.2) is 0 Å². The van der Waals surface area contributed by atoms with E-state index < -0.39 is 0 Å². The van der Waals surface area contributed by atoms with E-state index >= 15 is 0 Å². The number of allylic oxidation sites excluding steroid dienone is 1. The smallest absolute Gasteiger partial charge is 0.251 e. The second kappa shape index (κ2) is 8.94. The molecule has 24 heavy (non-hydrogen) atoms. The van der Waals surface area contributed by atoms with Crippen LogP contribution in [0.1, 0.15) is 42.1 Å². The molecule has 0 unspecified atom stereocenters. The van der Waals surface area contributed by atoms with Crippen molar-refractivity contribution in [2.75, 3.05) is 17.6 Å². The van der Waals surface area contributed by atoms with Crippen LogP contribution in [0, 0.1) is 0 Å². The highest BCUT2D eigenvalue weighted by atomic mass is 32.1. The highest BCUT2D eigenvalue weighted by molar-refractivity contribution is 7.80. The maximum absolute atomic E-state index is 12.4. The molecule has 2 rings (SSSR count). The Morgan fingerprint density at radius 1 is 1.50 bits per heavy atom. The summed E-state index contributed by atoms with van der Waals surface area (Å²) in [6.45, 7) is 6.49. The van der Waals surface area contributed by atoms with Crippen LogP contribution >= 0.6 is 12.6 Å². The standard InChI is InChI=1S/C19H27N3OS/c1-13(20)3-5-15(9-10-24)12-21-19(23)17-7-8-18-16(11-17)6-4-14(2)22-18/h7-9,11,13,22,24H,2-6,10,12,20H2,1H3,(H,21,23)/b15-9+/t13-/m1/s1. The van der Waals surface area contributed by atoms with Gasteiger partial charge in [-0.25, -0.2) is 0 Å². The molecule has 0 radical (unpaired) electrons. The lowest BCUT2D eigenvalue weighted by molar-refractivity contribution is 0.0956. The van der Waals surface area contributed by atoms with Crippen molar-refractivity contribution in [1.82, 2.24) is 5.32 Å². The molecule has 1 aromatic carbocycles. The molecule has 0 aliphatic carbocycles. The van der Waals surface area contributed by atoms with Crippen molar-refractivity contribution in [1.29, 1.82) is 0 Å². The van der Waals surface area contributed by atoms with E-state index in [0.717, 1.165) is 42.6 Å². The second-order valence-electron chi connectivity index (χ2n) is 6.34. The number of anilines is 1. The molecule has 0 aromatic heterocycles. The molecule has 5 heteroatoms. The van der Waals surface area contributed by atoms with E-state index in [0.29, 0.717) is 17.9 Å². The molecule has 0 bridgehead atoms. The minimum atomic E-state index is -0.0481. The Labute approximate surface area is 150 Å². The Morgan fingerprint density at radius 3 is 3.00 bits per heavy atom. The predicted molar refractivity (Wildman–Crippen MR) is 105 cm³/mol. The first-order valence-corrected chi connectivity index (χ1v) is 9.03. The molecule has 0 spiro atoms. The highest BCUT2D eigenvalue weighted by Crippen LogP contribution is 2.26. The molecular weight excluding hydrogens is 318 g/mol. The number of carbonyl (C=O) groups excluding carboxylic acids is 1. The Bertz CT molecular complexity index is 637. The zero-order valence-electron chi connectivity index (χ0n) is 14.3. The molecule has 4 N–H and O–H groups in total. The van der Waals surface area contributed by atoms with E-state index in [-0.39, 0.29) is 11.9 Å². The van der Waals surface area contributed by atoms with Crippen LogP contribution in [0.15, 0.2) is 42.1 Å². The Balaban J connectivity index is 1.96. The third kappa shape index (κ3) is 5.42. The van der Waals surface area contributed by atoms with Crippen LogP contribution in [-0.2, 0) is 6.42 Å². The quantitative estimate of drug-likeness (QED) is 0.453. The third-order valence-corrected chi connectivity index (χ3v) is 4.33. The Kier molecular flexibility index (Phi) is 6.94. The van der Waals surface area contributed by atoms with Gasteiger partial charge in [-0.15, -0.1) is 0 Å². The largest absolute Gasteiger partial charge is 0.359 e. The molecule has 1 heterocycles. The fourth-order valence-electron chi connectivity index (χ4n) is 2.70. The van der Waals surface area contributed by atoms with Crippen molar-refractivity contribution in [2.24, 2.45) is 5.73 Å². The SMILES string of the molecule is C=C1CCc2cc(C(=O)NC/C(=C/CS)CC[C@@H](C)N)ccc2N1. The van der Waals surface area contributed by atoms with Crippen LogP contribution in [0.25, 0.3) is 0 Å². The number of fused-ring (bicyclic) bond motifs is 1. The van der Waals surface area contributed by atoms with Gasteiger partial charge >= 0.3 is 0 Å². The topological polar surface area (TPSA) is 67.2 Å². The molecule has 0 fully saturated rings. The van der Waals surface area contributed by atoms with Crippen LogP contribution in [0.4, 0.5) is 5.69 Å². The van der Waals surface area contributed by atoms with Gasteiger partial charge in [0.25, 0.3) is 5.91 Å². The number of nitrogens with two attached hydrogens (primary N) is 1. The summed E-state index contributed by atoms with van der Waals surface area (Å²) in [5, 5.41) is 6.27. The highest BCUT2D eigenvalue weighted by Gasteiger charge is 2.14. The molecule has 4 nitrogen and oxygen atoms in total. The van der Waals surface area contributed by atoms with Gasteiger partial charge in [-0.2, -0.15) is 12.6 Å². The molecule has 0 saturated carbocycles. The number of nitrogens with one attached hydrogen (secondary N) is 2. The summed E-state index contributed by atoms with van der Waals surface area (Å²) in [6, 6.07) is 5.93. The zero-order valence-corrected chi connectivity index (χ0v) is 15.2. The first-order valence-electron chi connectivity index (χ1n) is 8.40. The lowest BCUT2D eigenvalue weighted by atomic mass is 9.99. The Hall–Kier alpha value is -1.72. The third-order valence-electron chi connectivity index (χ3n) is 4.15. The fraction of sp³-hybridized carbons (Fsp3) is 0.421. The van der Waals surface area contributed by atoms with Gasteiger partial charge < -0.3 is 16.4 Å². The van der Waals surface area contributed by atoms with Gasteiger partial charge in [-0.3, -0.25) is 4.79 Å². The van der Waals surface area contributed by atoms with Gasteiger partial charge in [-0.1, -0.05) is 18.2 Å². The zero-order chi connectivity index (χ0) is 17.5. The maximum atomic E-state index is 12.4. The fourth-order valence-corrected chi connectivity index (χ4v) is 2.96. The lowest BCUT2D eigenvalue weighted by Crippen LogP contribution is -2.26.